The average Bonchev–Trinajstić information content (AvgIpc) is 3.15. The van der Waals surface area contributed by atoms with E-state index in [1.165, 1.54) is 13.0 Å². The number of hydrogen-bond donors (Lipinski definition) is 3. The lowest BCUT2D eigenvalue weighted by Crippen LogP contribution is -2.42. The van der Waals surface area contributed by atoms with E-state index in [2.05, 4.69) is 20.6 Å². The standard InChI is InChI=1S/C24H22F2N4O3/c1-3-27-23(32)24(2,33)14-9-7-13(8-10-14)11-17-20-18(12-28-22(20)31)30-21(29-17)19-15(25)5-4-6-16(19)26/h4-10,33H,3,11-12H2,1-2H3,(H,27,32)(H,28,31). The Kier molecular flexibility index (Phi) is 5.90. The number of likely N-dealkylation sites (N-methyl/N-ethyl adjacent to an activating group) is 1. The molecule has 3 aromatic rings. The molecule has 1 unspecified atom stereocenters. The first-order chi connectivity index (χ1) is 15.7. The maximum absolute atomic E-state index is 14.3. The molecule has 0 saturated heterocycles. The highest BCUT2D eigenvalue weighted by Gasteiger charge is 2.32. The summed E-state index contributed by atoms with van der Waals surface area (Å²) >= 11 is 0. The van der Waals surface area contributed by atoms with Crippen LogP contribution >= 0.6 is 0 Å². The number of aliphatic hydroxyl groups is 1. The van der Waals surface area contributed by atoms with Gasteiger partial charge in [-0.1, -0.05) is 30.3 Å². The number of nitrogens with zero attached hydrogens (tertiary/aromatic N) is 2. The molecule has 0 radical (unpaired) electrons. The minimum absolute atomic E-state index is 0.133. The Hall–Kier alpha value is -3.72. The molecule has 7 nitrogen and oxygen atoms in total. The number of carbonyl (C=O) groups excluding carboxylic acids is 2. The first-order valence-corrected chi connectivity index (χ1v) is 10.4. The molecule has 2 aromatic carbocycles. The van der Waals surface area contributed by atoms with Gasteiger partial charge in [-0.15, -0.1) is 0 Å². The quantitative estimate of drug-likeness (QED) is 0.533. The maximum Gasteiger partial charge on any atom is 0.256 e. The first kappa shape index (κ1) is 22.5. The van der Waals surface area contributed by atoms with Crippen LogP contribution in [0.4, 0.5) is 8.78 Å². The molecule has 2 amide bonds. The van der Waals surface area contributed by atoms with Gasteiger partial charge in [0, 0.05) is 13.0 Å². The van der Waals surface area contributed by atoms with Crippen LogP contribution in [0.1, 0.15) is 46.7 Å². The summed E-state index contributed by atoms with van der Waals surface area (Å²) in [5, 5.41) is 15.8. The van der Waals surface area contributed by atoms with Gasteiger partial charge < -0.3 is 15.7 Å². The van der Waals surface area contributed by atoms with Crippen LogP contribution in [0.15, 0.2) is 42.5 Å². The van der Waals surface area contributed by atoms with Crippen molar-refractivity contribution in [2.75, 3.05) is 6.54 Å². The maximum atomic E-state index is 14.3. The van der Waals surface area contributed by atoms with E-state index < -0.39 is 23.1 Å². The lowest BCUT2D eigenvalue weighted by Gasteiger charge is -2.22. The van der Waals surface area contributed by atoms with Gasteiger partial charge in [0.1, 0.15) is 11.6 Å². The molecule has 33 heavy (non-hydrogen) atoms. The highest BCUT2D eigenvalue weighted by molar-refractivity contribution is 5.99. The third kappa shape index (κ3) is 4.19. The predicted octanol–water partition coefficient (Wildman–Crippen LogP) is 2.60. The van der Waals surface area contributed by atoms with E-state index in [1.807, 2.05) is 0 Å². The summed E-state index contributed by atoms with van der Waals surface area (Å²) in [7, 11) is 0. The summed E-state index contributed by atoms with van der Waals surface area (Å²) in [6.45, 7) is 3.69. The van der Waals surface area contributed by atoms with Crippen LogP contribution in [0.2, 0.25) is 0 Å². The van der Waals surface area contributed by atoms with Gasteiger partial charge >= 0.3 is 0 Å². The molecule has 2 heterocycles. The lowest BCUT2D eigenvalue weighted by atomic mass is 9.93. The molecule has 1 aliphatic heterocycles. The van der Waals surface area contributed by atoms with Crippen LogP contribution < -0.4 is 10.6 Å². The van der Waals surface area contributed by atoms with Crippen molar-refractivity contribution in [2.45, 2.75) is 32.4 Å². The molecular formula is C24H22F2N4O3. The summed E-state index contributed by atoms with van der Waals surface area (Å²) in [6, 6.07) is 10.1. The van der Waals surface area contributed by atoms with Crippen molar-refractivity contribution in [3.8, 4) is 11.4 Å². The van der Waals surface area contributed by atoms with E-state index in [-0.39, 0.29) is 35.8 Å². The van der Waals surface area contributed by atoms with E-state index in [0.29, 0.717) is 23.5 Å². The minimum atomic E-state index is -1.71. The number of hydrogen-bond acceptors (Lipinski definition) is 5. The number of fused-ring (bicyclic) bond motifs is 1. The highest BCUT2D eigenvalue weighted by atomic mass is 19.1. The normalized spacial score (nSPS) is 14.4. The van der Waals surface area contributed by atoms with Gasteiger partial charge in [0.15, 0.2) is 11.4 Å². The number of halogens is 2. The van der Waals surface area contributed by atoms with Crippen molar-refractivity contribution in [3.63, 3.8) is 0 Å². The Morgan fingerprint density at radius 1 is 1.12 bits per heavy atom. The van der Waals surface area contributed by atoms with Crippen LogP contribution in [0.3, 0.4) is 0 Å². The van der Waals surface area contributed by atoms with Gasteiger partial charge in [-0.2, -0.15) is 0 Å². The molecule has 0 saturated carbocycles. The fraction of sp³-hybridized carbons (Fsp3) is 0.250. The molecule has 1 atom stereocenters. The van der Waals surface area contributed by atoms with Gasteiger partial charge in [-0.05, 0) is 37.1 Å². The second-order valence-corrected chi connectivity index (χ2v) is 7.90. The largest absolute Gasteiger partial charge is 0.376 e. The van der Waals surface area contributed by atoms with Crippen LogP contribution in [-0.4, -0.2) is 33.4 Å². The molecule has 4 rings (SSSR count). The molecule has 170 valence electrons. The monoisotopic (exact) mass is 452 g/mol. The number of aromatic nitrogens is 2. The van der Waals surface area contributed by atoms with E-state index in [4.69, 9.17) is 0 Å². The van der Waals surface area contributed by atoms with Crippen molar-refractivity contribution in [1.29, 1.82) is 0 Å². The third-order valence-electron chi connectivity index (χ3n) is 5.56. The zero-order valence-corrected chi connectivity index (χ0v) is 18.1. The Balaban J connectivity index is 1.71. The second kappa shape index (κ2) is 8.67. The first-order valence-electron chi connectivity index (χ1n) is 10.4. The summed E-state index contributed by atoms with van der Waals surface area (Å²) in [5.41, 5.74) is 0.0561. The molecule has 9 heteroatoms. The van der Waals surface area contributed by atoms with Gasteiger partial charge in [-0.25, -0.2) is 18.7 Å². The molecule has 0 aliphatic carbocycles. The van der Waals surface area contributed by atoms with Crippen LogP contribution in [0, 0.1) is 11.6 Å². The Labute approximate surface area is 188 Å². The van der Waals surface area contributed by atoms with Gasteiger partial charge in [-0.3, -0.25) is 9.59 Å². The minimum Gasteiger partial charge on any atom is -0.376 e. The smallest absolute Gasteiger partial charge is 0.256 e. The summed E-state index contributed by atoms with van der Waals surface area (Å²) in [5.74, 6) is -2.59. The van der Waals surface area contributed by atoms with Gasteiger partial charge in [0.2, 0.25) is 0 Å². The lowest BCUT2D eigenvalue weighted by molar-refractivity contribution is -0.138. The summed E-state index contributed by atoms with van der Waals surface area (Å²) in [4.78, 5) is 33.1. The zero-order chi connectivity index (χ0) is 23.8. The second-order valence-electron chi connectivity index (χ2n) is 7.90. The van der Waals surface area contributed by atoms with Crippen molar-refractivity contribution in [1.82, 2.24) is 20.6 Å². The molecule has 3 N–H and O–H groups in total. The Morgan fingerprint density at radius 3 is 2.42 bits per heavy atom. The van der Waals surface area contributed by atoms with Gasteiger partial charge in [0.25, 0.3) is 11.8 Å². The summed E-state index contributed by atoms with van der Waals surface area (Å²) < 4.78 is 28.7. The summed E-state index contributed by atoms with van der Waals surface area (Å²) in [6.07, 6.45) is 0.185. The third-order valence-corrected chi connectivity index (χ3v) is 5.56. The molecule has 1 aliphatic rings. The van der Waals surface area contributed by atoms with Crippen LogP contribution in [0.5, 0.6) is 0 Å². The Morgan fingerprint density at radius 2 is 1.79 bits per heavy atom. The topological polar surface area (TPSA) is 104 Å². The molecule has 0 fully saturated rings. The van der Waals surface area contributed by atoms with E-state index in [1.54, 1.807) is 31.2 Å². The fourth-order valence-electron chi connectivity index (χ4n) is 3.76. The average molecular weight is 452 g/mol. The fourth-order valence-corrected chi connectivity index (χ4v) is 3.76. The van der Waals surface area contributed by atoms with Crippen molar-refractivity contribution < 1.29 is 23.5 Å². The Bertz CT molecular complexity index is 1220. The van der Waals surface area contributed by atoms with E-state index in [0.717, 1.165) is 17.7 Å². The predicted molar refractivity (Wildman–Crippen MR) is 116 cm³/mol. The number of carbonyl (C=O) groups is 2. The van der Waals surface area contributed by atoms with Crippen LogP contribution in [0.25, 0.3) is 11.4 Å². The van der Waals surface area contributed by atoms with Crippen molar-refractivity contribution in [2.24, 2.45) is 0 Å². The van der Waals surface area contributed by atoms with Crippen molar-refractivity contribution in [3.05, 3.63) is 82.2 Å². The molecule has 1 aromatic heterocycles. The molecule has 0 bridgehead atoms. The molecule has 0 spiro atoms. The van der Waals surface area contributed by atoms with Crippen LogP contribution in [-0.2, 0) is 23.4 Å². The highest BCUT2D eigenvalue weighted by Crippen LogP contribution is 2.28. The number of amides is 2. The zero-order valence-electron chi connectivity index (χ0n) is 18.1. The SMILES string of the molecule is CCNC(=O)C(C)(O)c1ccc(Cc2nc(-c3c(F)cccc3F)nc3c2C(=O)NC3)cc1. The van der Waals surface area contributed by atoms with Gasteiger partial charge in [0.05, 0.1) is 29.1 Å². The number of nitrogens with one attached hydrogen (secondary N) is 2. The van der Waals surface area contributed by atoms with E-state index >= 15 is 0 Å². The van der Waals surface area contributed by atoms with Crippen molar-refractivity contribution >= 4 is 11.8 Å². The number of benzene rings is 2. The van der Waals surface area contributed by atoms with E-state index in [9.17, 15) is 23.5 Å². The molecular weight excluding hydrogens is 430 g/mol. The number of rotatable bonds is 6.